The van der Waals surface area contributed by atoms with Crippen LogP contribution in [0.4, 0.5) is 0 Å². The highest BCUT2D eigenvalue weighted by Gasteiger charge is 2.09. The van der Waals surface area contributed by atoms with Crippen LogP contribution in [0, 0.1) is 0 Å². The van der Waals surface area contributed by atoms with E-state index in [1.807, 2.05) is 30.3 Å². The largest absolute Gasteiger partial charge is 0.497 e. The van der Waals surface area contributed by atoms with Crippen molar-refractivity contribution in [1.29, 1.82) is 0 Å². The van der Waals surface area contributed by atoms with Crippen LogP contribution in [0.5, 0.6) is 23.0 Å². The van der Waals surface area contributed by atoms with Crippen molar-refractivity contribution < 1.29 is 19.0 Å². The number of methoxy groups -OCH3 is 1. The highest BCUT2D eigenvalue weighted by atomic mass is 16.5. The summed E-state index contributed by atoms with van der Waals surface area (Å²) in [5.74, 6) is 2.03. The van der Waals surface area contributed by atoms with Crippen molar-refractivity contribution in [3.05, 3.63) is 84.4 Å². The Morgan fingerprint density at radius 3 is 2.04 bits per heavy atom. The van der Waals surface area contributed by atoms with Crippen molar-refractivity contribution in [3.8, 4) is 23.0 Å². The molecule has 3 aromatic rings. The minimum absolute atomic E-state index is 0.430. The van der Waals surface area contributed by atoms with Gasteiger partial charge in [0.05, 0.1) is 12.7 Å². The molecule has 120 valence electrons. The van der Waals surface area contributed by atoms with E-state index in [0.29, 0.717) is 22.8 Å². The van der Waals surface area contributed by atoms with Gasteiger partial charge in [-0.25, -0.2) is 4.79 Å². The highest BCUT2D eigenvalue weighted by Crippen LogP contribution is 2.24. The van der Waals surface area contributed by atoms with Crippen LogP contribution < -0.4 is 14.2 Å². The van der Waals surface area contributed by atoms with Gasteiger partial charge in [-0.05, 0) is 54.6 Å². The third-order valence-corrected chi connectivity index (χ3v) is 3.32. The number of esters is 1. The van der Waals surface area contributed by atoms with Gasteiger partial charge in [-0.1, -0.05) is 24.3 Å². The molecule has 0 heterocycles. The topological polar surface area (TPSA) is 44.8 Å². The number of hydrogen-bond donors (Lipinski definition) is 0. The van der Waals surface area contributed by atoms with Gasteiger partial charge in [-0.15, -0.1) is 0 Å². The van der Waals surface area contributed by atoms with E-state index >= 15 is 0 Å². The number of benzene rings is 3. The number of carbonyl (C=O) groups is 1. The molecule has 0 fully saturated rings. The van der Waals surface area contributed by atoms with E-state index in [1.165, 1.54) is 0 Å². The second kappa shape index (κ2) is 7.33. The molecule has 0 unspecified atom stereocenters. The Hall–Kier alpha value is -3.27. The summed E-state index contributed by atoms with van der Waals surface area (Å²) in [6, 6.07) is 23.2. The first-order valence-corrected chi connectivity index (χ1v) is 7.44. The lowest BCUT2D eigenvalue weighted by atomic mass is 10.2. The summed E-state index contributed by atoms with van der Waals surface area (Å²) in [5, 5.41) is 0. The van der Waals surface area contributed by atoms with E-state index in [1.54, 1.807) is 55.6 Å². The number of ether oxygens (including phenoxy) is 3. The molecule has 0 aliphatic carbocycles. The van der Waals surface area contributed by atoms with E-state index in [9.17, 15) is 4.79 Å². The molecule has 0 atom stereocenters. The smallest absolute Gasteiger partial charge is 0.343 e. The molecular formula is C20H16O4. The van der Waals surface area contributed by atoms with Gasteiger partial charge in [0.15, 0.2) is 0 Å². The normalized spacial score (nSPS) is 10.0. The number of para-hydroxylation sites is 1. The maximum Gasteiger partial charge on any atom is 0.343 e. The van der Waals surface area contributed by atoms with Gasteiger partial charge < -0.3 is 14.2 Å². The van der Waals surface area contributed by atoms with E-state index in [2.05, 4.69) is 0 Å². The zero-order chi connectivity index (χ0) is 16.8. The molecule has 0 saturated heterocycles. The fraction of sp³-hybridized carbons (Fsp3) is 0.0500. The highest BCUT2D eigenvalue weighted by molar-refractivity contribution is 5.91. The molecule has 3 aromatic carbocycles. The predicted octanol–water partition coefficient (Wildman–Crippen LogP) is 4.71. The van der Waals surface area contributed by atoms with Crippen molar-refractivity contribution >= 4 is 5.97 Å². The van der Waals surface area contributed by atoms with Crippen LogP contribution in [0.1, 0.15) is 10.4 Å². The summed E-state index contributed by atoms with van der Waals surface area (Å²) in [4.78, 5) is 12.1. The number of rotatable bonds is 5. The molecule has 4 nitrogen and oxygen atoms in total. The lowest BCUT2D eigenvalue weighted by molar-refractivity contribution is 0.0734. The first-order valence-electron chi connectivity index (χ1n) is 7.44. The molecule has 0 radical (unpaired) electrons. The van der Waals surface area contributed by atoms with Crippen LogP contribution in [0.15, 0.2) is 78.9 Å². The quantitative estimate of drug-likeness (QED) is 0.504. The van der Waals surface area contributed by atoms with Crippen molar-refractivity contribution in [2.75, 3.05) is 7.11 Å². The van der Waals surface area contributed by atoms with Crippen LogP contribution in [-0.2, 0) is 0 Å². The minimum atomic E-state index is -0.439. The molecule has 0 aromatic heterocycles. The molecule has 0 bridgehead atoms. The van der Waals surface area contributed by atoms with Crippen LogP contribution in [-0.4, -0.2) is 13.1 Å². The second-order valence-corrected chi connectivity index (χ2v) is 5.01. The third-order valence-electron chi connectivity index (χ3n) is 3.32. The van der Waals surface area contributed by atoms with Crippen molar-refractivity contribution in [1.82, 2.24) is 0 Å². The molecule has 3 rings (SSSR count). The van der Waals surface area contributed by atoms with E-state index < -0.39 is 5.97 Å². The molecule has 24 heavy (non-hydrogen) atoms. The Bertz CT molecular complexity index is 811. The van der Waals surface area contributed by atoms with Crippen molar-refractivity contribution in [2.24, 2.45) is 0 Å². The summed E-state index contributed by atoms with van der Waals surface area (Å²) in [6.45, 7) is 0. The summed E-state index contributed by atoms with van der Waals surface area (Å²) in [5.41, 5.74) is 0.430. The lowest BCUT2D eigenvalue weighted by Gasteiger charge is -2.08. The molecule has 0 aliphatic heterocycles. The van der Waals surface area contributed by atoms with E-state index in [4.69, 9.17) is 14.2 Å². The van der Waals surface area contributed by atoms with Gasteiger partial charge in [-0.2, -0.15) is 0 Å². The summed E-state index contributed by atoms with van der Waals surface area (Å²) >= 11 is 0. The summed E-state index contributed by atoms with van der Waals surface area (Å²) in [6.07, 6.45) is 0. The Labute approximate surface area is 140 Å². The Kier molecular flexibility index (Phi) is 4.77. The van der Waals surface area contributed by atoms with Gasteiger partial charge in [0.1, 0.15) is 23.0 Å². The van der Waals surface area contributed by atoms with Gasteiger partial charge in [-0.3, -0.25) is 0 Å². The number of hydrogen-bond acceptors (Lipinski definition) is 4. The van der Waals surface area contributed by atoms with Gasteiger partial charge in [0, 0.05) is 0 Å². The monoisotopic (exact) mass is 320 g/mol. The van der Waals surface area contributed by atoms with Gasteiger partial charge in [0.2, 0.25) is 0 Å². The zero-order valence-electron chi connectivity index (χ0n) is 13.1. The van der Waals surface area contributed by atoms with Crippen molar-refractivity contribution in [3.63, 3.8) is 0 Å². The summed E-state index contributed by atoms with van der Waals surface area (Å²) < 4.78 is 16.2. The molecule has 0 N–H and O–H groups in total. The van der Waals surface area contributed by atoms with E-state index in [-0.39, 0.29) is 0 Å². The summed E-state index contributed by atoms with van der Waals surface area (Å²) in [7, 11) is 1.55. The zero-order valence-corrected chi connectivity index (χ0v) is 13.1. The SMILES string of the molecule is COc1cccc(C(=O)Oc2ccc(Oc3ccccc3)cc2)c1. The molecule has 0 amide bonds. The first kappa shape index (κ1) is 15.6. The number of carbonyl (C=O) groups excluding carboxylic acids is 1. The maximum absolute atomic E-state index is 12.1. The lowest BCUT2D eigenvalue weighted by Crippen LogP contribution is -2.08. The molecule has 0 aliphatic rings. The maximum atomic E-state index is 12.1. The van der Waals surface area contributed by atoms with Crippen LogP contribution in [0.25, 0.3) is 0 Å². The molecule has 0 spiro atoms. The van der Waals surface area contributed by atoms with Crippen LogP contribution in [0.3, 0.4) is 0 Å². The van der Waals surface area contributed by atoms with Gasteiger partial charge >= 0.3 is 5.97 Å². The minimum Gasteiger partial charge on any atom is -0.497 e. The Morgan fingerprint density at radius 2 is 1.33 bits per heavy atom. The van der Waals surface area contributed by atoms with Crippen LogP contribution in [0.2, 0.25) is 0 Å². The standard InChI is InChI=1S/C20H16O4/c1-22-19-9-5-6-15(14-19)20(21)24-18-12-10-17(11-13-18)23-16-7-3-2-4-8-16/h2-14H,1H3. The van der Waals surface area contributed by atoms with E-state index in [0.717, 1.165) is 5.75 Å². The fourth-order valence-electron chi connectivity index (χ4n) is 2.12. The molecule has 0 saturated carbocycles. The average Bonchev–Trinajstić information content (AvgIpc) is 2.64. The second-order valence-electron chi connectivity index (χ2n) is 5.01. The Balaban J connectivity index is 1.66. The third kappa shape index (κ3) is 3.93. The molecular weight excluding hydrogens is 304 g/mol. The van der Waals surface area contributed by atoms with Crippen molar-refractivity contribution in [2.45, 2.75) is 0 Å². The van der Waals surface area contributed by atoms with Crippen LogP contribution >= 0.6 is 0 Å². The first-order chi connectivity index (χ1) is 11.7. The Morgan fingerprint density at radius 1 is 0.708 bits per heavy atom. The van der Waals surface area contributed by atoms with Gasteiger partial charge in [0.25, 0.3) is 0 Å². The predicted molar refractivity (Wildman–Crippen MR) is 90.9 cm³/mol. The fourth-order valence-corrected chi connectivity index (χ4v) is 2.12. The average molecular weight is 320 g/mol. The molecule has 4 heteroatoms.